The van der Waals surface area contributed by atoms with Crippen LogP contribution in [0.3, 0.4) is 0 Å². The number of aromatic nitrogens is 1. The van der Waals surface area contributed by atoms with Gasteiger partial charge < -0.3 is 10.6 Å². The van der Waals surface area contributed by atoms with Gasteiger partial charge in [0.15, 0.2) is 0 Å². The molecular weight excluding hydrogens is 333 g/mol. The van der Waals surface area contributed by atoms with Crippen LogP contribution in [0.25, 0.3) is 0 Å². The zero-order valence-electron chi connectivity index (χ0n) is 12.5. The highest BCUT2D eigenvalue weighted by molar-refractivity contribution is 6.42. The molecule has 2 heterocycles. The first-order chi connectivity index (χ1) is 11.1. The van der Waals surface area contributed by atoms with Crippen LogP contribution in [0.4, 0.5) is 11.5 Å². The van der Waals surface area contributed by atoms with E-state index in [1.807, 2.05) is 6.07 Å². The minimum Gasteiger partial charge on any atom is -0.370 e. The Balaban J connectivity index is 1.57. The topological polar surface area (TPSA) is 54.0 Å². The number of nitrogens with zero attached hydrogens (tertiary/aromatic N) is 1. The monoisotopic (exact) mass is 349 g/mol. The standard InChI is InChI=1S/C17H17Cl2N3O/c18-14-7-5-13(10-15(14)19)21-16(23)8-6-12-4-3-11-2-1-9-20-17(11)22-12/h3-5,7,10H,1-2,6,8-9H2,(H,20,22)(H,21,23). The first-order valence-corrected chi connectivity index (χ1v) is 8.35. The Kier molecular flexibility index (Phi) is 5.03. The maximum absolute atomic E-state index is 12.0. The molecule has 0 aliphatic carbocycles. The molecule has 0 bridgehead atoms. The molecule has 1 amide bonds. The van der Waals surface area contributed by atoms with Gasteiger partial charge in [0.1, 0.15) is 5.82 Å². The summed E-state index contributed by atoms with van der Waals surface area (Å²) in [7, 11) is 0. The number of carbonyl (C=O) groups is 1. The van der Waals surface area contributed by atoms with Gasteiger partial charge in [-0.25, -0.2) is 4.98 Å². The molecule has 0 fully saturated rings. The highest BCUT2D eigenvalue weighted by Gasteiger charge is 2.11. The molecule has 0 unspecified atom stereocenters. The lowest BCUT2D eigenvalue weighted by molar-refractivity contribution is -0.116. The number of amides is 1. The molecule has 1 aromatic carbocycles. The van der Waals surface area contributed by atoms with E-state index in [2.05, 4.69) is 21.7 Å². The molecule has 3 rings (SSSR count). The van der Waals surface area contributed by atoms with Crippen molar-refractivity contribution in [1.82, 2.24) is 4.98 Å². The summed E-state index contributed by atoms with van der Waals surface area (Å²) in [5.74, 6) is 0.884. The number of halogens is 2. The second-order valence-electron chi connectivity index (χ2n) is 5.52. The zero-order valence-corrected chi connectivity index (χ0v) is 14.0. The van der Waals surface area contributed by atoms with Gasteiger partial charge in [-0.05, 0) is 49.1 Å². The van der Waals surface area contributed by atoms with Gasteiger partial charge in [-0.3, -0.25) is 4.79 Å². The molecule has 1 aliphatic rings. The van der Waals surface area contributed by atoms with Crippen molar-refractivity contribution < 1.29 is 4.79 Å². The Morgan fingerprint density at radius 2 is 2.09 bits per heavy atom. The van der Waals surface area contributed by atoms with E-state index in [0.717, 1.165) is 30.9 Å². The molecule has 2 N–H and O–H groups in total. The molecule has 6 heteroatoms. The molecule has 1 aliphatic heterocycles. The van der Waals surface area contributed by atoms with E-state index in [1.54, 1.807) is 18.2 Å². The highest BCUT2D eigenvalue weighted by Crippen LogP contribution is 2.25. The Labute approximate surface area is 145 Å². The van der Waals surface area contributed by atoms with Crippen LogP contribution in [0, 0.1) is 0 Å². The maximum Gasteiger partial charge on any atom is 0.224 e. The van der Waals surface area contributed by atoms with Crippen LogP contribution in [-0.2, 0) is 17.6 Å². The molecule has 4 nitrogen and oxygen atoms in total. The molecule has 120 valence electrons. The molecule has 0 spiro atoms. The summed E-state index contributed by atoms with van der Waals surface area (Å²) < 4.78 is 0. The smallest absolute Gasteiger partial charge is 0.224 e. The fraction of sp³-hybridized carbons (Fsp3) is 0.294. The molecule has 2 aromatic rings. The summed E-state index contributed by atoms with van der Waals surface area (Å²) in [6.07, 6.45) is 3.17. The van der Waals surface area contributed by atoms with E-state index in [-0.39, 0.29) is 5.91 Å². The zero-order chi connectivity index (χ0) is 16.2. The van der Waals surface area contributed by atoms with Crippen LogP contribution in [0.5, 0.6) is 0 Å². The minimum absolute atomic E-state index is 0.0733. The van der Waals surface area contributed by atoms with Gasteiger partial charge >= 0.3 is 0 Å². The fourth-order valence-electron chi connectivity index (χ4n) is 2.55. The van der Waals surface area contributed by atoms with Crippen LogP contribution in [0.2, 0.25) is 10.0 Å². The largest absolute Gasteiger partial charge is 0.370 e. The lowest BCUT2D eigenvalue weighted by atomic mass is 10.1. The number of carbonyl (C=O) groups excluding carboxylic acids is 1. The second kappa shape index (κ2) is 7.20. The number of pyridine rings is 1. The Morgan fingerprint density at radius 1 is 1.22 bits per heavy atom. The lowest BCUT2D eigenvalue weighted by Crippen LogP contribution is -2.15. The van der Waals surface area contributed by atoms with Crippen LogP contribution in [0.15, 0.2) is 30.3 Å². The first-order valence-electron chi connectivity index (χ1n) is 7.59. The van der Waals surface area contributed by atoms with Crippen molar-refractivity contribution in [2.24, 2.45) is 0 Å². The summed E-state index contributed by atoms with van der Waals surface area (Å²) in [5, 5.41) is 7.01. The average molecular weight is 350 g/mol. The van der Waals surface area contributed by atoms with Crippen molar-refractivity contribution in [2.75, 3.05) is 17.2 Å². The van der Waals surface area contributed by atoms with E-state index in [9.17, 15) is 4.79 Å². The van der Waals surface area contributed by atoms with Crippen molar-refractivity contribution in [3.05, 3.63) is 51.6 Å². The predicted molar refractivity (Wildman–Crippen MR) is 94.5 cm³/mol. The van der Waals surface area contributed by atoms with Gasteiger partial charge in [0.25, 0.3) is 0 Å². The van der Waals surface area contributed by atoms with Crippen molar-refractivity contribution in [3.8, 4) is 0 Å². The summed E-state index contributed by atoms with van der Waals surface area (Å²) in [6, 6.07) is 9.13. The Morgan fingerprint density at radius 3 is 2.91 bits per heavy atom. The van der Waals surface area contributed by atoms with Gasteiger partial charge in [-0.15, -0.1) is 0 Å². The Hall–Kier alpha value is -1.78. The molecule has 1 aromatic heterocycles. The number of hydrogen-bond acceptors (Lipinski definition) is 3. The van der Waals surface area contributed by atoms with Crippen LogP contribution in [-0.4, -0.2) is 17.4 Å². The van der Waals surface area contributed by atoms with E-state index < -0.39 is 0 Å². The van der Waals surface area contributed by atoms with Gasteiger partial charge in [0.2, 0.25) is 5.91 Å². The summed E-state index contributed by atoms with van der Waals surface area (Å²) in [5.41, 5.74) is 2.81. The molecule has 0 saturated carbocycles. The number of hydrogen-bond donors (Lipinski definition) is 2. The third-order valence-corrected chi connectivity index (χ3v) is 4.50. The second-order valence-corrected chi connectivity index (χ2v) is 6.33. The first kappa shape index (κ1) is 16.1. The molecule has 0 saturated heterocycles. The van der Waals surface area contributed by atoms with E-state index in [4.69, 9.17) is 23.2 Å². The SMILES string of the molecule is O=C(CCc1ccc2c(n1)NCCC2)Nc1ccc(Cl)c(Cl)c1. The van der Waals surface area contributed by atoms with E-state index in [1.165, 1.54) is 5.56 Å². The number of rotatable bonds is 4. The summed E-state index contributed by atoms with van der Waals surface area (Å²) in [6.45, 7) is 0.960. The highest BCUT2D eigenvalue weighted by atomic mass is 35.5. The maximum atomic E-state index is 12.0. The van der Waals surface area contributed by atoms with Crippen molar-refractivity contribution in [1.29, 1.82) is 0 Å². The molecule has 23 heavy (non-hydrogen) atoms. The quantitative estimate of drug-likeness (QED) is 0.864. The molecular formula is C17H17Cl2N3O. The lowest BCUT2D eigenvalue weighted by Gasteiger charge is -2.17. The number of anilines is 2. The third kappa shape index (κ3) is 4.15. The minimum atomic E-state index is -0.0733. The van der Waals surface area contributed by atoms with Gasteiger partial charge in [0, 0.05) is 24.3 Å². The van der Waals surface area contributed by atoms with Crippen molar-refractivity contribution in [3.63, 3.8) is 0 Å². The molecule has 0 atom stereocenters. The third-order valence-electron chi connectivity index (χ3n) is 3.76. The number of fused-ring (bicyclic) bond motifs is 1. The van der Waals surface area contributed by atoms with Gasteiger partial charge in [-0.1, -0.05) is 29.3 Å². The van der Waals surface area contributed by atoms with Crippen LogP contribution in [0.1, 0.15) is 24.1 Å². The van der Waals surface area contributed by atoms with Crippen LogP contribution < -0.4 is 10.6 Å². The van der Waals surface area contributed by atoms with E-state index >= 15 is 0 Å². The normalized spacial score (nSPS) is 13.1. The number of aryl methyl sites for hydroxylation is 2. The molecule has 0 radical (unpaired) electrons. The van der Waals surface area contributed by atoms with Crippen molar-refractivity contribution >= 4 is 40.6 Å². The van der Waals surface area contributed by atoms with Gasteiger partial charge in [0.05, 0.1) is 10.0 Å². The van der Waals surface area contributed by atoms with Gasteiger partial charge in [-0.2, -0.15) is 0 Å². The number of nitrogens with one attached hydrogen (secondary N) is 2. The number of benzene rings is 1. The fourth-order valence-corrected chi connectivity index (χ4v) is 2.85. The van der Waals surface area contributed by atoms with Crippen molar-refractivity contribution in [2.45, 2.75) is 25.7 Å². The summed E-state index contributed by atoms with van der Waals surface area (Å²) >= 11 is 11.8. The van der Waals surface area contributed by atoms with E-state index in [0.29, 0.717) is 28.6 Å². The summed E-state index contributed by atoms with van der Waals surface area (Å²) in [4.78, 5) is 16.6. The Bertz CT molecular complexity index is 734. The average Bonchev–Trinajstić information content (AvgIpc) is 2.56. The van der Waals surface area contributed by atoms with Crippen LogP contribution >= 0.6 is 23.2 Å². The predicted octanol–water partition coefficient (Wildman–Crippen LogP) is 4.32.